The lowest BCUT2D eigenvalue weighted by Gasteiger charge is -2.17. The molecule has 1 fully saturated rings. The van der Waals surface area contributed by atoms with Crippen LogP contribution in [-0.2, 0) is 0 Å². The molecule has 78 valence electrons. The highest BCUT2D eigenvalue weighted by molar-refractivity contribution is 7.09. The molecule has 1 heterocycles. The molecule has 1 N–H and O–H groups in total. The van der Waals surface area contributed by atoms with Gasteiger partial charge in [-0.05, 0) is 39.5 Å². The molecule has 3 heteroatoms. The first-order valence-electron chi connectivity index (χ1n) is 5.35. The summed E-state index contributed by atoms with van der Waals surface area (Å²) in [7, 11) is 0. The van der Waals surface area contributed by atoms with Crippen LogP contribution in [0.5, 0.6) is 0 Å². The van der Waals surface area contributed by atoms with Gasteiger partial charge in [0, 0.05) is 17.1 Å². The molecule has 1 aromatic rings. The molecular formula is C11H18N2S. The van der Waals surface area contributed by atoms with E-state index in [0.29, 0.717) is 12.1 Å². The Balaban J connectivity index is 1.91. The molecule has 2 nitrogen and oxygen atoms in total. The fourth-order valence-electron chi connectivity index (χ4n) is 1.77. The van der Waals surface area contributed by atoms with E-state index in [-0.39, 0.29) is 0 Å². The second kappa shape index (κ2) is 3.99. The maximum absolute atomic E-state index is 4.50. The molecule has 2 atom stereocenters. The van der Waals surface area contributed by atoms with Crippen LogP contribution in [0.4, 0.5) is 0 Å². The average Bonchev–Trinajstić information content (AvgIpc) is 2.89. The zero-order valence-electron chi connectivity index (χ0n) is 9.08. The zero-order valence-corrected chi connectivity index (χ0v) is 9.90. The van der Waals surface area contributed by atoms with E-state index in [1.807, 2.05) is 0 Å². The van der Waals surface area contributed by atoms with Gasteiger partial charge in [0.1, 0.15) is 5.01 Å². The van der Waals surface area contributed by atoms with Crippen molar-refractivity contribution in [3.05, 3.63) is 16.1 Å². The Bertz CT molecular complexity index is 304. The second-order valence-corrected chi connectivity index (χ2v) is 5.23. The molecule has 1 aromatic heterocycles. The van der Waals surface area contributed by atoms with Crippen molar-refractivity contribution >= 4 is 11.3 Å². The molecule has 1 aliphatic rings. The Labute approximate surface area is 89.8 Å². The fraction of sp³-hybridized carbons (Fsp3) is 0.727. The third kappa shape index (κ3) is 2.34. The van der Waals surface area contributed by atoms with E-state index in [0.717, 1.165) is 11.6 Å². The maximum Gasteiger partial charge on any atom is 0.110 e. The summed E-state index contributed by atoms with van der Waals surface area (Å²) < 4.78 is 0. The fourth-order valence-corrected chi connectivity index (χ4v) is 2.58. The van der Waals surface area contributed by atoms with Gasteiger partial charge in [0.25, 0.3) is 0 Å². The molecule has 0 aliphatic heterocycles. The lowest BCUT2D eigenvalue weighted by molar-refractivity contribution is 0.440. The molecule has 0 radical (unpaired) electrons. The Hall–Kier alpha value is -0.410. The number of aromatic nitrogens is 1. The molecule has 2 rings (SSSR count). The quantitative estimate of drug-likeness (QED) is 0.826. The van der Waals surface area contributed by atoms with E-state index >= 15 is 0 Å². The molecule has 0 amide bonds. The van der Waals surface area contributed by atoms with Crippen LogP contribution in [0.3, 0.4) is 0 Å². The summed E-state index contributed by atoms with van der Waals surface area (Å²) in [4.78, 5) is 4.50. The molecule has 0 aromatic carbocycles. The standard InChI is InChI=1S/C11H18N2S/c1-7-6-14-11(12-7)9(3)13-8(2)10-4-5-10/h6,8-10,13H,4-5H2,1-3H3. The predicted molar refractivity (Wildman–Crippen MR) is 60.6 cm³/mol. The van der Waals surface area contributed by atoms with Gasteiger partial charge in [0.2, 0.25) is 0 Å². The van der Waals surface area contributed by atoms with E-state index in [4.69, 9.17) is 0 Å². The molecule has 0 spiro atoms. The van der Waals surface area contributed by atoms with E-state index in [9.17, 15) is 0 Å². The van der Waals surface area contributed by atoms with E-state index in [1.165, 1.54) is 17.8 Å². The van der Waals surface area contributed by atoms with Gasteiger partial charge in [-0.3, -0.25) is 0 Å². The molecule has 0 bridgehead atoms. The Kier molecular flexibility index (Phi) is 2.88. The number of nitrogens with zero attached hydrogens (tertiary/aromatic N) is 1. The predicted octanol–water partition coefficient (Wildman–Crippen LogP) is 2.90. The summed E-state index contributed by atoms with van der Waals surface area (Å²) in [5, 5.41) is 6.96. The summed E-state index contributed by atoms with van der Waals surface area (Å²) in [6.45, 7) is 6.54. The van der Waals surface area contributed by atoms with Gasteiger partial charge in [0.05, 0.1) is 6.04 Å². The van der Waals surface area contributed by atoms with Crippen molar-refractivity contribution in [2.45, 2.75) is 45.7 Å². The number of hydrogen-bond donors (Lipinski definition) is 1. The first kappa shape index (κ1) is 10.1. The highest BCUT2D eigenvalue weighted by atomic mass is 32.1. The summed E-state index contributed by atoms with van der Waals surface area (Å²) in [6.07, 6.45) is 2.80. The molecule has 1 aliphatic carbocycles. The zero-order chi connectivity index (χ0) is 10.1. The van der Waals surface area contributed by atoms with Gasteiger partial charge < -0.3 is 5.32 Å². The number of nitrogens with one attached hydrogen (secondary N) is 1. The largest absolute Gasteiger partial charge is 0.305 e. The Morgan fingerprint density at radius 2 is 2.21 bits per heavy atom. The van der Waals surface area contributed by atoms with Crippen molar-refractivity contribution in [2.24, 2.45) is 5.92 Å². The van der Waals surface area contributed by atoms with Crippen molar-refractivity contribution in [2.75, 3.05) is 0 Å². The van der Waals surface area contributed by atoms with Crippen LogP contribution in [0.1, 0.15) is 43.4 Å². The van der Waals surface area contributed by atoms with Crippen molar-refractivity contribution in [1.29, 1.82) is 0 Å². The minimum absolute atomic E-state index is 0.407. The highest BCUT2D eigenvalue weighted by Gasteiger charge is 2.29. The van der Waals surface area contributed by atoms with Crippen LogP contribution in [0.25, 0.3) is 0 Å². The minimum Gasteiger partial charge on any atom is -0.305 e. The van der Waals surface area contributed by atoms with Gasteiger partial charge in [-0.1, -0.05) is 0 Å². The van der Waals surface area contributed by atoms with Gasteiger partial charge in [-0.2, -0.15) is 0 Å². The van der Waals surface area contributed by atoms with Gasteiger partial charge >= 0.3 is 0 Å². The number of rotatable bonds is 4. The Morgan fingerprint density at radius 3 is 2.71 bits per heavy atom. The van der Waals surface area contributed by atoms with Crippen molar-refractivity contribution in [1.82, 2.24) is 10.3 Å². The summed E-state index contributed by atoms with van der Waals surface area (Å²) in [5.74, 6) is 0.915. The smallest absolute Gasteiger partial charge is 0.110 e. The molecule has 1 saturated carbocycles. The average molecular weight is 210 g/mol. The van der Waals surface area contributed by atoms with Crippen LogP contribution < -0.4 is 5.32 Å². The summed E-state index contributed by atoms with van der Waals surface area (Å²) in [6, 6.07) is 1.05. The first-order chi connectivity index (χ1) is 6.66. The van der Waals surface area contributed by atoms with Crippen molar-refractivity contribution < 1.29 is 0 Å². The van der Waals surface area contributed by atoms with Crippen LogP contribution in [0.15, 0.2) is 5.38 Å². The lowest BCUT2D eigenvalue weighted by Crippen LogP contribution is -2.30. The highest BCUT2D eigenvalue weighted by Crippen LogP contribution is 2.33. The van der Waals surface area contributed by atoms with Gasteiger partial charge in [-0.15, -0.1) is 11.3 Å². The topological polar surface area (TPSA) is 24.9 Å². The minimum atomic E-state index is 0.407. The summed E-state index contributed by atoms with van der Waals surface area (Å²) in [5.41, 5.74) is 1.14. The molecule has 2 unspecified atom stereocenters. The third-order valence-electron chi connectivity index (χ3n) is 2.85. The second-order valence-electron chi connectivity index (χ2n) is 4.34. The van der Waals surface area contributed by atoms with Crippen molar-refractivity contribution in [3.8, 4) is 0 Å². The van der Waals surface area contributed by atoms with E-state index in [1.54, 1.807) is 11.3 Å². The SMILES string of the molecule is Cc1csc(C(C)NC(C)C2CC2)n1. The third-order valence-corrected chi connectivity index (χ3v) is 3.99. The number of hydrogen-bond acceptors (Lipinski definition) is 3. The number of aryl methyl sites for hydroxylation is 1. The van der Waals surface area contributed by atoms with Gasteiger partial charge in [-0.25, -0.2) is 4.98 Å². The Morgan fingerprint density at radius 1 is 1.50 bits per heavy atom. The summed E-state index contributed by atoms with van der Waals surface area (Å²) >= 11 is 1.76. The normalized spacial score (nSPS) is 20.8. The lowest BCUT2D eigenvalue weighted by atomic mass is 10.2. The molecule has 14 heavy (non-hydrogen) atoms. The van der Waals surface area contributed by atoms with E-state index in [2.05, 4.69) is 36.5 Å². The van der Waals surface area contributed by atoms with Gasteiger partial charge in [0.15, 0.2) is 0 Å². The van der Waals surface area contributed by atoms with Crippen LogP contribution in [-0.4, -0.2) is 11.0 Å². The molecular weight excluding hydrogens is 192 g/mol. The monoisotopic (exact) mass is 210 g/mol. The number of thiazole rings is 1. The van der Waals surface area contributed by atoms with Crippen LogP contribution >= 0.6 is 11.3 Å². The van der Waals surface area contributed by atoms with Crippen molar-refractivity contribution in [3.63, 3.8) is 0 Å². The first-order valence-corrected chi connectivity index (χ1v) is 6.23. The molecule has 0 saturated heterocycles. The maximum atomic E-state index is 4.50. The van der Waals surface area contributed by atoms with Crippen LogP contribution in [0.2, 0.25) is 0 Å². The van der Waals surface area contributed by atoms with E-state index < -0.39 is 0 Å². The van der Waals surface area contributed by atoms with Crippen LogP contribution in [0, 0.1) is 12.8 Å².